The molecule has 1 heterocycles. The minimum atomic E-state index is -0.0105. The topological polar surface area (TPSA) is 44.1 Å². The fourth-order valence-electron chi connectivity index (χ4n) is 3.52. The largest absolute Gasteiger partial charge is 0.496 e. The smallest absolute Gasteiger partial charge is 0.168 e. The van der Waals surface area contributed by atoms with Crippen LogP contribution in [0.1, 0.15) is 47.7 Å². The van der Waals surface area contributed by atoms with Crippen molar-refractivity contribution < 1.29 is 9.53 Å². The molecular weight excluding hydrogens is 288 g/mol. The second-order valence-corrected chi connectivity index (χ2v) is 6.21. The highest BCUT2D eigenvalue weighted by molar-refractivity contribution is 5.99. The summed E-state index contributed by atoms with van der Waals surface area (Å²) in [6.07, 6.45) is 10.6. The van der Waals surface area contributed by atoms with E-state index in [1.54, 1.807) is 19.6 Å². The number of methoxy groups -OCH3 is 1. The van der Waals surface area contributed by atoms with Gasteiger partial charge in [-0.2, -0.15) is 0 Å². The molecule has 4 nitrogen and oxygen atoms in total. The number of hydrogen-bond acceptors (Lipinski definition) is 3. The molecule has 0 fully saturated rings. The van der Waals surface area contributed by atoms with E-state index >= 15 is 0 Å². The average Bonchev–Trinajstić information content (AvgIpc) is 3.11. The highest BCUT2D eigenvalue weighted by Gasteiger charge is 2.25. The van der Waals surface area contributed by atoms with E-state index < -0.39 is 0 Å². The quantitative estimate of drug-likeness (QED) is 0.764. The van der Waals surface area contributed by atoms with Crippen LogP contribution in [0.2, 0.25) is 0 Å². The highest BCUT2D eigenvalue weighted by atomic mass is 16.5. The zero-order valence-electron chi connectivity index (χ0n) is 13.9. The van der Waals surface area contributed by atoms with Crippen molar-refractivity contribution in [1.82, 2.24) is 9.55 Å². The van der Waals surface area contributed by atoms with Gasteiger partial charge in [-0.15, -0.1) is 0 Å². The summed E-state index contributed by atoms with van der Waals surface area (Å²) in [6, 6.07) is 3.92. The minimum Gasteiger partial charge on any atom is -0.496 e. The number of benzene rings is 1. The monoisotopic (exact) mass is 312 g/mol. The summed E-state index contributed by atoms with van der Waals surface area (Å²) in [6.45, 7) is 2.77. The maximum absolute atomic E-state index is 13.1. The highest BCUT2D eigenvalue weighted by Crippen LogP contribution is 2.33. The second kappa shape index (κ2) is 6.99. The average molecular weight is 312 g/mol. The van der Waals surface area contributed by atoms with Gasteiger partial charge >= 0.3 is 0 Å². The number of carbonyl (C=O) groups excluding carboxylic acids is 1. The molecule has 0 saturated heterocycles. The molecule has 0 spiro atoms. The normalized spacial score (nSPS) is 15.0. The van der Waals surface area contributed by atoms with Crippen LogP contribution in [0.25, 0.3) is 0 Å². The zero-order valence-corrected chi connectivity index (χ0v) is 13.9. The maximum atomic E-state index is 13.1. The summed E-state index contributed by atoms with van der Waals surface area (Å²) in [5.74, 6) is 1.17. The van der Waals surface area contributed by atoms with Crippen molar-refractivity contribution >= 4 is 5.78 Å². The molecule has 122 valence electrons. The first kappa shape index (κ1) is 15.8. The fraction of sp³-hybridized carbons (Fsp3) is 0.474. The predicted octanol–water partition coefficient (Wildman–Crippen LogP) is 3.68. The van der Waals surface area contributed by atoms with E-state index in [0.29, 0.717) is 6.54 Å². The van der Waals surface area contributed by atoms with Crippen molar-refractivity contribution in [3.05, 3.63) is 47.5 Å². The Bertz CT molecular complexity index is 677. The van der Waals surface area contributed by atoms with Gasteiger partial charge in [-0.1, -0.05) is 6.92 Å². The zero-order chi connectivity index (χ0) is 16.2. The van der Waals surface area contributed by atoms with E-state index in [1.807, 2.05) is 22.9 Å². The van der Waals surface area contributed by atoms with Gasteiger partial charge in [0.15, 0.2) is 5.78 Å². The summed E-state index contributed by atoms with van der Waals surface area (Å²) in [7, 11) is 1.71. The van der Waals surface area contributed by atoms with Gasteiger partial charge in [-0.05, 0) is 55.4 Å². The summed E-state index contributed by atoms with van der Waals surface area (Å²) in [4.78, 5) is 17.2. The van der Waals surface area contributed by atoms with Gasteiger partial charge in [-0.3, -0.25) is 4.79 Å². The van der Waals surface area contributed by atoms with Crippen LogP contribution >= 0.6 is 0 Å². The molecule has 1 atom stereocenters. The summed E-state index contributed by atoms with van der Waals surface area (Å²) < 4.78 is 7.48. The van der Waals surface area contributed by atoms with Crippen LogP contribution < -0.4 is 4.74 Å². The Kier molecular flexibility index (Phi) is 4.79. The van der Waals surface area contributed by atoms with Gasteiger partial charge in [0.25, 0.3) is 0 Å². The summed E-state index contributed by atoms with van der Waals surface area (Å²) >= 11 is 0. The van der Waals surface area contributed by atoms with Crippen molar-refractivity contribution in [2.75, 3.05) is 7.11 Å². The van der Waals surface area contributed by atoms with Crippen molar-refractivity contribution in [3.8, 4) is 5.75 Å². The van der Waals surface area contributed by atoms with Gasteiger partial charge in [-0.25, -0.2) is 4.98 Å². The van der Waals surface area contributed by atoms with Gasteiger partial charge in [0.1, 0.15) is 5.75 Å². The molecule has 0 amide bonds. The number of ketones is 1. The van der Waals surface area contributed by atoms with Gasteiger partial charge in [0.2, 0.25) is 0 Å². The summed E-state index contributed by atoms with van der Waals surface area (Å²) in [5, 5.41) is 0. The fourth-order valence-corrected chi connectivity index (χ4v) is 3.52. The van der Waals surface area contributed by atoms with Crippen LogP contribution in [0.5, 0.6) is 5.75 Å². The summed E-state index contributed by atoms with van der Waals surface area (Å²) in [5.41, 5.74) is 3.35. The van der Waals surface area contributed by atoms with Crippen LogP contribution in [0, 0.1) is 5.92 Å². The Balaban J connectivity index is 1.92. The van der Waals surface area contributed by atoms with E-state index in [0.717, 1.165) is 37.0 Å². The van der Waals surface area contributed by atoms with Crippen LogP contribution in [0.15, 0.2) is 30.9 Å². The van der Waals surface area contributed by atoms with Gasteiger partial charge in [0, 0.05) is 30.4 Å². The second-order valence-electron chi connectivity index (χ2n) is 6.21. The Morgan fingerprint density at radius 3 is 2.74 bits per heavy atom. The number of rotatable bonds is 6. The molecule has 0 N–H and O–H groups in total. The molecule has 23 heavy (non-hydrogen) atoms. The number of hydrogen-bond donors (Lipinski definition) is 0. The number of imidazole rings is 1. The third kappa shape index (κ3) is 3.16. The van der Waals surface area contributed by atoms with E-state index in [9.17, 15) is 4.79 Å². The molecule has 0 radical (unpaired) electrons. The maximum Gasteiger partial charge on any atom is 0.168 e. The van der Waals surface area contributed by atoms with E-state index in [1.165, 1.54) is 17.5 Å². The molecule has 1 unspecified atom stereocenters. The lowest BCUT2D eigenvalue weighted by atomic mass is 9.83. The van der Waals surface area contributed by atoms with Crippen molar-refractivity contribution in [2.24, 2.45) is 5.92 Å². The number of nitrogens with zero attached hydrogens (tertiary/aromatic N) is 2. The molecule has 1 aromatic carbocycles. The molecule has 1 aromatic heterocycles. The van der Waals surface area contributed by atoms with Crippen LogP contribution in [-0.2, 0) is 19.4 Å². The number of ether oxygens (including phenoxy) is 1. The van der Waals surface area contributed by atoms with Crippen LogP contribution in [0.4, 0.5) is 0 Å². The standard InChI is InChI=1S/C19H24N2O2/c1-3-14(12-21-11-10-20-13-21)19(22)17-8-9-18(23-2)16-7-5-4-6-15(16)17/h8-11,13-14H,3-7,12H2,1-2H3. The molecule has 3 rings (SSSR count). The Labute approximate surface area is 137 Å². The molecule has 0 aliphatic heterocycles. The first-order chi connectivity index (χ1) is 11.2. The number of Topliss-reactive ketones (excluding diaryl/α,β-unsaturated/α-hetero) is 1. The number of aromatic nitrogens is 2. The van der Waals surface area contributed by atoms with E-state index in [2.05, 4.69) is 11.9 Å². The lowest BCUT2D eigenvalue weighted by Gasteiger charge is -2.23. The third-order valence-corrected chi connectivity index (χ3v) is 4.83. The van der Waals surface area contributed by atoms with Gasteiger partial charge < -0.3 is 9.30 Å². The number of carbonyl (C=O) groups is 1. The molecule has 1 aliphatic carbocycles. The Morgan fingerprint density at radius 2 is 2.09 bits per heavy atom. The first-order valence-corrected chi connectivity index (χ1v) is 8.43. The first-order valence-electron chi connectivity index (χ1n) is 8.43. The molecular formula is C19H24N2O2. The van der Waals surface area contributed by atoms with Crippen molar-refractivity contribution in [1.29, 1.82) is 0 Å². The van der Waals surface area contributed by atoms with E-state index in [-0.39, 0.29) is 11.7 Å². The SMILES string of the molecule is CCC(Cn1ccnc1)C(=O)c1ccc(OC)c2c1CCCC2. The van der Waals surface area contributed by atoms with Gasteiger partial charge in [0.05, 0.1) is 13.4 Å². The van der Waals surface area contributed by atoms with Crippen molar-refractivity contribution in [3.63, 3.8) is 0 Å². The Morgan fingerprint density at radius 1 is 1.30 bits per heavy atom. The molecule has 2 aromatic rings. The predicted molar refractivity (Wildman–Crippen MR) is 90.0 cm³/mol. The third-order valence-electron chi connectivity index (χ3n) is 4.83. The van der Waals surface area contributed by atoms with Crippen molar-refractivity contribution in [2.45, 2.75) is 45.6 Å². The molecule has 4 heteroatoms. The Hall–Kier alpha value is -2.10. The molecule has 0 bridgehead atoms. The minimum absolute atomic E-state index is 0.0105. The molecule has 0 saturated carbocycles. The van der Waals surface area contributed by atoms with Crippen LogP contribution in [0.3, 0.4) is 0 Å². The molecule has 1 aliphatic rings. The van der Waals surface area contributed by atoms with E-state index in [4.69, 9.17) is 4.74 Å². The number of fused-ring (bicyclic) bond motifs is 1. The van der Waals surface area contributed by atoms with Crippen LogP contribution in [-0.4, -0.2) is 22.4 Å². The lowest BCUT2D eigenvalue weighted by molar-refractivity contribution is 0.0902. The lowest BCUT2D eigenvalue weighted by Crippen LogP contribution is -2.22.